The van der Waals surface area contributed by atoms with Crippen LogP contribution >= 0.6 is 0 Å². The van der Waals surface area contributed by atoms with E-state index in [9.17, 15) is 0 Å². The van der Waals surface area contributed by atoms with Crippen molar-refractivity contribution in [1.82, 2.24) is 15.3 Å². The van der Waals surface area contributed by atoms with Gasteiger partial charge in [0.1, 0.15) is 18.3 Å². The quantitative estimate of drug-likeness (QED) is 0.840. The van der Waals surface area contributed by atoms with Crippen LogP contribution in [0, 0.1) is 0 Å². The molecule has 0 amide bonds. The number of nitrogens with two attached hydrogens (primary N) is 1. The van der Waals surface area contributed by atoms with Crippen molar-refractivity contribution in [2.45, 2.75) is 24.7 Å². The molecule has 3 aliphatic rings. The van der Waals surface area contributed by atoms with Crippen molar-refractivity contribution in [3.05, 3.63) is 30.0 Å². The van der Waals surface area contributed by atoms with E-state index in [1.54, 1.807) is 6.20 Å². The molecule has 1 aromatic heterocycles. The summed E-state index contributed by atoms with van der Waals surface area (Å²) in [7, 11) is 0. The van der Waals surface area contributed by atoms with Crippen LogP contribution in [0.1, 0.15) is 12.0 Å². The van der Waals surface area contributed by atoms with Crippen LogP contribution in [0.25, 0.3) is 5.57 Å². The lowest BCUT2D eigenvalue weighted by Crippen LogP contribution is -2.37. The van der Waals surface area contributed by atoms with E-state index < -0.39 is 0 Å². The third-order valence-corrected chi connectivity index (χ3v) is 4.21. The summed E-state index contributed by atoms with van der Waals surface area (Å²) in [6, 6.07) is 0. The van der Waals surface area contributed by atoms with Gasteiger partial charge in [-0.1, -0.05) is 12.2 Å². The van der Waals surface area contributed by atoms with Gasteiger partial charge in [0.2, 0.25) is 11.8 Å². The number of nitrogens with zero attached hydrogens (tertiary/aromatic N) is 2. The second-order valence-corrected chi connectivity index (χ2v) is 5.83. The lowest BCUT2D eigenvalue weighted by Gasteiger charge is -2.31. The molecule has 0 saturated carbocycles. The largest absolute Gasteiger partial charge is 0.472 e. The molecule has 3 N–H and O–H groups in total. The SMILES string of the molecule is Nc1ncc(C2=CC3OCCOC3C=C2)c(OC2CCNC2)n1. The van der Waals surface area contributed by atoms with E-state index >= 15 is 0 Å². The lowest BCUT2D eigenvalue weighted by molar-refractivity contribution is -0.101. The lowest BCUT2D eigenvalue weighted by atomic mass is 9.97. The first-order valence-corrected chi connectivity index (χ1v) is 7.93. The smallest absolute Gasteiger partial charge is 0.226 e. The van der Waals surface area contributed by atoms with Gasteiger partial charge in [0.05, 0.1) is 18.8 Å². The molecule has 2 fully saturated rings. The highest BCUT2D eigenvalue weighted by atomic mass is 16.6. The van der Waals surface area contributed by atoms with Crippen LogP contribution in [0.5, 0.6) is 5.88 Å². The van der Waals surface area contributed by atoms with Gasteiger partial charge < -0.3 is 25.3 Å². The second kappa shape index (κ2) is 6.27. The second-order valence-electron chi connectivity index (χ2n) is 5.83. The molecule has 3 unspecified atom stereocenters. The summed E-state index contributed by atoms with van der Waals surface area (Å²) in [6.07, 6.45) is 8.73. The zero-order valence-electron chi connectivity index (χ0n) is 12.8. The number of allylic oxidation sites excluding steroid dienone is 2. The standard InChI is InChI=1S/C16H20N4O3/c17-16-19-9-12(15(20-16)23-11-3-4-18-8-11)10-1-2-13-14(7-10)22-6-5-21-13/h1-2,7,9,11,13-14,18H,3-6,8H2,(H2,17,19,20). The van der Waals surface area contributed by atoms with Crippen molar-refractivity contribution in [1.29, 1.82) is 0 Å². The molecule has 122 valence electrons. The van der Waals surface area contributed by atoms with Gasteiger partial charge in [-0.3, -0.25) is 0 Å². The van der Waals surface area contributed by atoms with Gasteiger partial charge in [0.15, 0.2) is 0 Å². The first-order chi connectivity index (χ1) is 11.3. The Morgan fingerprint density at radius 1 is 1.26 bits per heavy atom. The monoisotopic (exact) mass is 316 g/mol. The first-order valence-electron chi connectivity index (χ1n) is 7.93. The van der Waals surface area contributed by atoms with Gasteiger partial charge in [0, 0.05) is 12.7 Å². The van der Waals surface area contributed by atoms with Gasteiger partial charge in [-0.05, 0) is 24.6 Å². The van der Waals surface area contributed by atoms with Crippen molar-refractivity contribution in [2.75, 3.05) is 32.0 Å². The van der Waals surface area contributed by atoms with Crippen molar-refractivity contribution in [2.24, 2.45) is 0 Å². The average molecular weight is 316 g/mol. The van der Waals surface area contributed by atoms with E-state index in [1.807, 2.05) is 18.2 Å². The van der Waals surface area contributed by atoms with Crippen LogP contribution in [-0.4, -0.2) is 54.6 Å². The minimum Gasteiger partial charge on any atom is -0.472 e. The molecule has 3 atom stereocenters. The van der Waals surface area contributed by atoms with Gasteiger partial charge >= 0.3 is 0 Å². The highest BCUT2D eigenvalue weighted by Crippen LogP contribution is 2.31. The number of ether oxygens (including phenoxy) is 3. The maximum atomic E-state index is 6.04. The minimum absolute atomic E-state index is 0.0226. The van der Waals surface area contributed by atoms with E-state index in [2.05, 4.69) is 15.3 Å². The summed E-state index contributed by atoms with van der Waals surface area (Å²) in [5, 5.41) is 3.28. The number of hydrogen-bond donors (Lipinski definition) is 2. The maximum Gasteiger partial charge on any atom is 0.226 e. The number of nitrogen functional groups attached to an aromatic ring is 1. The van der Waals surface area contributed by atoms with E-state index in [4.69, 9.17) is 19.9 Å². The molecule has 4 rings (SSSR count). The first kappa shape index (κ1) is 14.6. The third-order valence-electron chi connectivity index (χ3n) is 4.21. The molecule has 0 spiro atoms. The fourth-order valence-electron chi connectivity index (χ4n) is 3.03. The Bertz CT molecular complexity index is 640. The van der Waals surface area contributed by atoms with Gasteiger partial charge in [-0.25, -0.2) is 4.98 Å². The predicted octanol–water partition coefficient (Wildman–Crippen LogP) is 0.537. The molecule has 2 saturated heterocycles. The number of nitrogens with one attached hydrogen (secondary N) is 1. The molecule has 7 nitrogen and oxygen atoms in total. The van der Waals surface area contributed by atoms with Crippen molar-refractivity contribution < 1.29 is 14.2 Å². The Morgan fingerprint density at radius 2 is 2.13 bits per heavy atom. The fourth-order valence-corrected chi connectivity index (χ4v) is 3.03. The topological polar surface area (TPSA) is 91.5 Å². The van der Waals surface area contributed by atoms with Crippen LogP contribution in [-0.2, 0) is 9.47 Å². The van der Waals surface area contributed by atoms with Crippen LogP contribution in [0.2, 0.25) is 0 Å². The Balaban J connectivity index is 1.62. The Kier molecular flexibility index (Phi) is 3.99. The van der Waals surface area contributed by atoms with Crippen LogP contribution in [0.4, 0.5) is 5.95 Å². The van der Waals surface area contributed by atoms with Crippen molar-refractivity contribution in [3.63, 3.8) is 0 Å². The third kappa shape index (κ3) is 3.08. The Morgan fingerprint density at radius 3 is 2.96 bits per heavy atom. The van der Waals surface area contributed by atoms with Crippen LogP contribution in [0.3, 0.4) is 0 Å². The Hall–Kier alpha value is -1.96. The number of fused-ring (bicyclic) bond motifs is 1. The highest BCUT2D eigenvalue weighted by Gasteiger charge is 2.28. The summed E-state index contributed by atoms with van der Waals surface area (Å²) in [6.45, 7) is 3.01. The molecule has 0 bridgehead atoms. The molecule has 1 aromatic rings. The summed E-state index contributed by atoms with van der Waals surface area (Å²) in [4.78, 5) is 8.40. The van der Waals surface area contributed by atoms with Gasteiger partial charge in [0.25, 0.3) is 0 Å². The molecule has 0 radical (unpaired) electrons. The van der Waals surface area contributed by atoms with E-state index in [1.165, 1.54) is 0 Å². The van der Waals surface area contributed by atoms with Gasteiger partial charge in [-0.2, -0.15) is 4.98 Å². The zero-order valence-corrected chi connectivity index (χ0v) is 12.8. The molecule has 1 aliphatic carbocycles. The summed E-state index contributed by atoms with van der Waals surface area (Å²) in [5.74, 6) is 0.738. The zero-order chi connectivity index (χ0) is 15.6. The number of rotatable bonds is 3. The molecular weight excluding hydrogens is 296 g/mol. The number of aromatic nitrogens is 2. The van der Waals surface area contributed by atoms with E-state index in [0.717, 1.165) is 30.6 Å². The van der Waals surface area contributed by atoms with E-state index in [0.29, 0.717) is 19.1 Å². The normalized spacial score (nSPS) is 29.9. The number of anilines is 1. The van der Waals surface area contributed by atoms with Gasteiger partial charge in [-0.15, -0.1) is 0 Å². The average Bonchev–Trinajstić information content (AvgIpc) is 3.08. The van der Waals surface area contributed by atoms with Crippen LogP contribution < -0.4 is 15.8 Å². The maximum absolute atomic E-state index is 6.04. The van der Waals surface area contributed by atoms with E-state index in [-0.39, 0.29) is 24.3 Å². The molecule has 0 aromatic carbocycles. The summed E-state index contributed by atoms with van der Waals surface area (Å²) in [5.41, 5.74) is 7.54. The minimum atomic E-state index is -0.0812. The van der Waals surface area contributed by atoms with Crippen molar-refractivity contribution >= 4 is 11.5 Å². The molecular formula is C16H20N4O3. The van der Waals surface area contributed by atoms with Crippen LogP contribution in [0.15, 0.2) is 24.4 Å². The fraction of sp³-hybridized carbons (Fsp3) is 0.500. The Labute approximate surface area is 134 Å². The summed E-state index contributed by atoms with van der Waals surface area (Å²) >= 11 is 0. The predicted molar refractivity (Wildman–Crippen MR) is 84.9 cm³/mol. The molecule has 7 heteroatoms. The number of hydrogen-bond acceptors (Lipinski definition) is 7. The van der Waals surface area contributed by atoms with Crippen molar-refractivity contribution in [3.8, 4) is 5.88 Å². The molecule has 3 heterocycles. The molecule has 2 aliphatic heterocycles. The molecule has 23 heavy (non-hydrogen) atoms. The highest BCUT2D eigenvalue weighted by molar-refractivity contribution is 5.78. The summed E-state index contributed by atoms with van der Waals surface area (Å²) < 4.78 is 17.5.